The van der Waals surface area contributed by atoms with Crippen molar-refractivity contribution in [2.75, 3.05) is 5.33 Å². The van der Waals surface area contributed by atoms with Gasteiger partial charge in [-0.2, -0.15) is 0 Å². The summed E-state index contributed by atoms with van der Waals surface area (Å²) in [4.78, 5) is 0. The molecule has 1 heterocycles. The van der Waals surface area contributed by atoms with Gasteiger partial charge in [0.05, 0.1) is 5.69 Å². The van der Waals surface area contributed by atoms with E-state index in [1.807, 2.05) is 11.5 Å². The third-order valence-corrected chi connectivity index (χ3v) is 3.09. The molecule has 66 valence electrons. The van der Waals surface area contributed by atoms with E-state index < -0.39 is 0 Å². The van der Waals surface area contributed by atoms with Crippen LogP contribution >= 0.6 is 27.5 Å². The fourth-order valence-corrected chi connectivity index (χ4v) is 1.96. The van der Waals surface area contributed by atoms with Crippen molar-refractivity contribution in [3.8, 4) is 0 Å². The van der Waals surface area contributed by atoms with Gasteiger partial charge in [-0.05, 0) is 30.3 Å². The van der Waals surface area contributed by atoms with Crippen LogP contribution in [0.25, 0.3) is 0 Å². The number of hydrogen-bond donors (Lipinski definition) is 0. The van der Waals surface area contributed by atoms with Crippen molar-refractivity contribution >= 4 is 27.5 Å². The van der Waals surface area contributed by atoms with Crippen molar-refractivity contribution in [3.05, 3.63) is 23.7 Å². The number of allylic oxidation sites excluding steroid dienone is 1. The normalized spacial score (nSPS) is 12.8. The van der Waals surface area contributed by atoms with E-state index in [1.165, 1.54) is 11.5 Å². The van der Waals surface area contributed by atoms with Crippen LogP contribution in [0.1, 0.15) is 12.1 Å². The second kappa shape index (κ2) is 5.43. The minimum atomic E-state index is 0.603. The van der Waals surface area contributed by atoms with Crippen LogP contribution in [-0.2, 0) is 6.42 Å². The molecule has 1 aromatic rings. The van der Waals surface area contributed by atoms with Gasteiger partial charge in [-0.1, -0.05) is 26.5 Å². The number of hydrogen-bond acceptors (Lipinski definition) is 3. The third kappa shape index (κ3) is 3.03. The van der Waals surface area contributed by atoms with Crippen LogP contribution in [0.2, 0.25) is 0 Å². The van der Waals surface area contributed by atoms with Crippen LogP contribution in [-0.4, -0.2) is 14.9 Å². The van der Waals surface area contributed by atoms with Gasteiger partial charge in [0, 0.05) is 10.7 Å². The Balaban J connectivity index is 2.42. The molecule has 12 heavy (non-hydrogen) atoms. The molecule has 0 saturated heterocycles. The molecule has 0 aliphatic rings. The summed E-state index contributed by atoms with van der Waals surface area (Å²) in [5.74, 6) is 0.603. The highest BCUT2D eigenvalue weighted by Crippen LogP contribution is 2.14. The summed E-state index contributed by atoms with van der Waals surface area (Å²) in [6.45, 7) is 3.72. The predicted molar refractivity (Wildman–Crippen MR) is 55.7 cm³/mol. The van der Waals surface area contributed by atoms with Gasteiger partial charge in [0.1, 0.15) is 0 Å². The minimum Gasteiger partial charge on any atom is -0.143 e. The summed E-state index contributed by atoms with van der Waals surface area (Å²) >= 11 is 4.88. The highest BCUT2D eigenvalue weighted by Gasteiger charge is 2.07. The summed E-state index contributed by atoms with van der Waals surface area (Å²) in [5, 5.41) is 6.99. The zero-order valence-electron chi connectivity index (χ0n) is 6.74. The van der Waals surface area contributed by atoms with Gasteiger partial charge >= 0.3 is 0 Å². The largest absolute Gasteiger partial charge is 0.143 e. The van der Waals surface area contributed by atoms with E-state index in [2.05, 4.69) is 32.1 Å². The number of aromatic nitrogens is 2. The van der Waals surface area contributed by atoms with Crippen LogP contribution in [0, 0.1) is 5.92 Å². The topological polar surface area (TPSA) is 25.8 Å². The van der Waals surface area contributed by atoms with Gasteiger partial charge in [0.15, 0.2) is 0 Å². The fourth-order valence-electron chi connectivity index (χ4n) is 1.01. The number of nitrogens with zero attached hydrogens (tertiary/aromatic N) is 2. The Labute approximate surface area is 85.0 Å². The first-order chi connectivity index (χ1) is 5.86. The standard InChI is InChI=1S/C8H11BrN2S/c1-2-3-7(5-9)4-8-6-12-11-10-8/h2,6-7H,1,3-5H2. The zero-order chi connectivity index (χ0) is 8.81. The molecule has 0 aliphatic heterocycles. The van der Waals surface area contributed by atoms with E-state index in [4.69, 9.17) is 0 Å². The monoisotopic (exact) mass is 246 g/mol. The van der Waals surface area contributed by atoms with Crippen LogP contribution in [0.3, 0.4) is 0 Å². The maximum atomic E-state index is 4.00. The molecule has 0 fully saturated rings. The molecule has 0 N–H and O–H groups in total. The van der Waals surface area contributed by atoms with Crippen LogP contribution in [0.5, 0.6) is 0 Å². The van der Waals surface area contributed by atoms with E-state index in [0.29, 0.717) is 5.92 Å². The molecule has 1 aromatic heterocycles. The van der Waals surface area contributed by atoms with Gasteiger partial charge in [0.25, 0.3) is 0 Å². The van der Waals surface area contributed by atoms with Crippen molar-refractivity contribution in [1.29, 1.82) is 0 Å². The SMILES string of the molecule is C=CCC(CBr)Cc1csnn1. The second-order valence-electron chi connectivity index (χ2n) is 2.65. The van der Waals surface area contributed by atoms with Gasteiger partial charge in [-0.15, -0.1) is 11.7 Å². The van der Waals surface area contributed by atoms with Crippen LogP contribution in [0.15, 0.2) is 18.0 Å². The highest BCUT2D eigenvalue weighted by atomic mass is 79.9. The summed E-state index contributed by atoms with van der Waals surface area (Å²) < 4.78 is 3.82. The molecule has 0 bridgehead atoms. The molecule has 1 atom stereocenters. The lowest BCUT2D eigenvalue weighted by Gasteiger charge is -2.07. The van der Waals surface area contributed by atoms with Crippen molar-refractivity contribution in [2.45, 2.75) is 12.8 Å². The molecule has 0 saturated carbocycles. The highest BCUT2D eigenvalue weighted by molar-refractivity contribution is 9.09. The number of rotatable bonds is 5. The molecule has 0 aromatic carbocycles. The predicted octanol–water partition coefficient (Wildman–Crippen LogP) is 2.67. The van der Waals surface area contributed by atoms with E-state index in [0.717, 1.165) is 23.9 Å². The summed E-state index contributed by atoms with van der Waals surface area (Å²) in [5.41, 5.74) is 1.09. The average Bonchev–Trinajstić information content (AvgIpc) is 2.56. The average molecular weight is 247 g/mol. The Hall–Kier alpha value is -0.220. The van der Waals surface area contributed by atoms with Gasteiger partial charge in [-0.25, -0.2) is 0 Å². The maximum Gasteiger partial charge on any atom is 0.0758 e. The minimum absolute atomic E-state index is 0.603. The Morgan fingerprint density at radius 1 is 1.75 bits per heavy atom. The Morgan fingerprint density at radius 3 is 3.08 bits per heavy atom. The molecule has 0 radical (unpaired) electrons. The Bertz CT molecular complexity index is 223. The number of halogens is 1. The quantitative estimate of drug-likeness (QED) is 0.590. The lowest BCUT2D eigenvalue weighted by molar-refractivity contribution is 0.594. The lowest BCUT2D eigenvalue weighted by Crippen LogP contribution is -2.05. The first-order valence-corrected chi connectivity index (χ1v) is 5.75. The molecule has 1 unspecified atom stereocenters. The summed E-state index contributed by atoms with van der Waals surface area (Å²) in [6, 6.07) is 0. The summed E-state index contributed by atoms with van der Waals surface area (Å²) in [7, 11) is 0. The Kier molecular flexibility index (Phi) is 4.46. The fraction of sp³-hybridized carbons (Fsp3) is 0.500. The van der Waals surface area contributed by atoms with E-state index in [-0.39, 0.29) is 0 Å². The van der Waals surface area contributed by atoms with E-state index in [9.17, 15) is 0 Å². The van der Waals surface area contributed by atoms with E-state index in [1.54, 1.807) is 0 Å². The van der Waals surface area contributed by atoms with Crippen molar-refractivity contribution < 1.29 is 0 Å². The van der Waals surface area contributed by atoms with Gasteiger partial charge in [-0.3, -0.25) is 0 Å². The molecule has 0 aliphatic carbocycles. The molecular weight excluding hydrogens is 236 g/mol. The van der Waals surface area contributed by atoms with Crippen LogP contribution in [0.4, 0.5) is 0 Å². The van der Waals surface area contributed by atoms with Crippen molar-refractivity contribution in [3.63, 3.8) is 0 Å². The maximum absolute atomic E-state index is 4.00. The first-order valence-electron chi connectivity index (χ1n) is 3.79. The van der Waals surface area contributed by atoms with Crippen LogP contribution < -0.4 is 0 Å². The lowest BCUT2D eigenvalue weighted by atomic mass is 10.0. The smallest absolute Gasteiger partial charge is 0.0758 e. The van der Waals surface area contributed by atoms with E-state index >= 15 is 0 Å². The van der Waals surface area contributed by atoms with Crippen molar-refractivity contribution in [2.24, 2.45) is 5.92 Å². The molecular formula is C8H11BrN2S. The first kappa shape index (κ1) is 9.86. The van der Waals surface area contributed by atoms with Crippen molar-refractivity contribution in [1.82, 2.24) is 9.59 Å². The molecule has 4 heteroatoms. The molecule has 2 nitrogen and oxygen atoms in total. The third-order valence-electron chi connectivity index (χ3n) is 1.62. The molecule has 0 spiro atoms. The zero-order valence-corrected chi connectivity index (χ0v) is 9.14. The second-order valence-corrected chi connectivity index (χ2v) is 3.90. The number of alkyl halides is 1. The van der Waals surface area contributed by atoms with Gasteiger partial charge < -0.3 is 0 Å². The summed E-state index contributed by atoms with van der Waals surface area (Å²) in [6.07, 6.45) is 3.97. The molecule has 1 rings (SSSR count). The Morgan fingerprint density at radius 2 is 2.58 bits per heavy atom. The van der Waals surface area contributed by atoms with Gasteiger partial charge in [0.2, 0.25) is 0 Å². The molecule has 0 amide bonds.